The van der Waals surface area contributed by atoms with Crippen molar-refractivity contribution in [2.45, 2.75) is 37.1 Å². The van der Waals surface area contributed by atoms with E-state index in [-0.39, 0.29) is 10.8 Å². The lowest BCUT2D eigenvalue weighted by molar-refractivity contribution is -0.139. The summed E-state index contributed by atoms with van der Waals surface area (Å²) in [6.07, 6.45) is 3.97. The fourth-order valence-electron chi connectivity index (χ4n) is 1.45. The molecule has 1 aliphatic rings. The van der Waals surface area contributed by atoms with Gasteiger partial charge in [-0.2, -0.15) is 0 Å². The minimum absolute atomic E-state index is 0.212. The molecule has 0 bridgehead atoms. The number of methoxy groups -OCH3 is 1. The average Bonchev–Trinajstić information content (AvgIpc) is 2.96. The van der Waals surface area contributed by atoms with Gasteiger partial charge in [-0.1, -0.05) is 28.8 Å². The normalized spacial score (nSPS) is 20.2. The van der Waals surface area contributed by atoms with Crippen LogP contribution in [0.4, 0.5) is 0 Å². The smallest absolute Gasteiger partial charge is 0.320 e. The van der Waals surface area contributed by atoms with Crippen molar-refractivity contribution >= 4 is 21.9 Å². The van der Waals surface area contributed by atoms with E-state index >= 15 is 0 Å². The van der Waals surface area contributed by atoms with Crippen molar-refractivity contribution in [1.29, 1.82) is 0 Å². The second-order valence-corrected chi connectivity index (χ2v) is 5.08. The summed E-state index contributed by atoms with van der Waals surface area (Å²) < 4.78 is 4.61. The van der Waals surface area contributed by atoms with Crippen molar-refractivity contribution in [2.75, 3.05) is 13.7 Å². The van der Waals surface area contributed by atoms with Gasteiger partial charge in [0.25, 0.3) is 0 Å². The van der Waals surface area contributed by atoms with Crippen LogP contribution in [0.15, 0.2) is 0 Å². The van der Waals surface area contributed by atoms with Gasteiger partial charge in [0, 0.05) is 12.6 Å². The van der Waals surface area contributed by atoms with Crippen molar-refractivity contribution in [2.24, 2.45) is 5.92 Å². The highest BCUT2D eigenvalue weighted by Gasteiger charge is 2.24. The molecule has 1 rings (SSSR count). The second kappa shape index (κ2) is 5.71. The fourth-order valence-corrected chi connectivity index (χ4v) is 1.83. The predicted octanol–water partition coefficient (Wildman–Crippen LogP) is 1.70. The predicted molar refractivity (Wildman–Crippen MR) is 59.5 cm³/mol. The molecule has 0 aromatic carbocycles. The molecule has 3 nitrogen and oxygen atoms in total. The lowest BCUT2D eigenvalue weighted by atomic mass is 10.1. The first kappa shape index (κ1) is 12.0. The topological polar surface area (TPSA) is 38.3 Å². The van der Waals surface area contributed by atoms with E-state index in [4.69, 9.17) is 0 Å². The van der Waals surface area contributed by atoms with Crippen LogP contribution in [-0.4, -0.2) is 30.5 Å². The summed E-state index contributed by atoms with van der Waals surface area (Å²) in [7, 11) is 1.41. The molecule has 0 aliphatic heterocycles. The Morgan fingerprint density at radius 1 is 1.64 bits per heavy atom. The Hall–Kier alpha value is -0.0900. The highest BCUT2D eigenvalue weighted by Crippen LogP contribution is 2.33. The molecule has 2 atom stereocenters. The van der Waals surface area contributed by atoms with Gasteiger partial charge in [-0.3, -0.25) is 4.79 Å². The number of hydrogen-bond acceptors (Lipinski definition) is 3. The molecule has 1 N–H and O–H groups in total. The monoisotopic (exact) mass is 263 g/mol. The van der Waals surface area contributed by atoms with E-state index in [0.717, 1.165) is 5.92 Å². The molecule has 14 heavy (non-hydrogen) atoms. The Morgan fingerprint density at radius 2 is 2.29 bits per heavy atom. The molecule has 1 fully saturated rings. The van der Waals surface area contributed by atoms with Gasteiger partial charge in [-0.25, -0.2) is 0 Å². The third-order valence-corrected chi connectivity index (χ3v) is 3.18. The summed E-state index contributed by atoms with van der Waals surface area (Å²) >= 11 is 3.28. The number of hydrogen-bond donors (Lipinski definition) is 1. The number of ether oxygens (including phenoxy) is 1. The molecular weight excluding hydrogens is 246 g/mol. The maximum Gasteiger partial charge on any atom is 0.320 e. The van der Waals surface area contributed by atoms with Crippen LogP contribution >= 0.6 is 15.9 Å². The standard InChI is InChI=1S/C10H18BrNO2/c1-7(5-8-3-4-8)12-6-9(11)10(13)14-2/h7-9,12H,3-6H2,1-2H3. The van der Waals surface area contributed by atoms with Crippen LogP contribution in [0.25, 0.3) is 0 Å². The van der Waals surface area contributed by atoms with Gasteiger partial charge in [0.05, 0.1) is 7.11 Å². The molecule has 82 valence electrons. The van der Waals surface area contributed by atoms with Crippen LogP contribution in [0.5, 0.6) is 0 Å². The summed E-state index contributed by atoms with van der Waals surface area (Å²) in [4.78, 5) is 10.8. The summed E-state index contributed by atoms with van der Waals surface area (Å²) in [5.41, 5.74) is 0. The number of halogens is 1. The van der Waals surface area contributed by atoms with Crippen LogP contribution < -0.4 is 5.32 Å². The largest absolute Gasteiger partial charge is 0.468 e. The van der Waals surface area contributed by atoms with Crippen molar-refractivity contribution in [3.63, 3.8) is 0 Å². The molecule has 0 aromatic rings. The maximum absolute atomic E-state index is 11.0. The van der Waals surface area contributed by atoms with E-state index in [1.807, 2.05) is 0 Å². The molecule has 4 heteroatoms. The number of rotatable bonds is 6. The molecule has 1 saturated carbocycles. The Bertz CT molecular complexity index is 195. The van der Waals surface area contributed by atoms with Crippen molar-refractivity contribution in [3.8, 4) is 0 Å². The van der Waals surface area contributed by atoms with Gasteiger partial charge < -0.3 is 10.1 Å². The lowest BCUT2D eigenvalue weighted by Crippen LogP contribution is -2.35. The molecule has 1 aliphatic carbocycles. The Balaban J connectivity index is 2.08. The number of carbonyl (C=O) groups excluding carboxylic acids is 1. The van der Waals surface area contributed by atoms with Crippen molar-refractivity contribution in [1.82, 2.24) is 5.32 Å². The summed E-state index contributed by atoms with van der Waals surface area (Å²) in [5.74, 6) is 0.709. The minimum Gasteiger partial charge on any atom is -0.468 e. The summed E-state index contributed by atoms with van der Waals surface area (Å²) in [5, 5.41) is 3.32. The molecule has 0 saturated heterocycles. The van der Waals surface area contributed by atoms with Crippen LogP contribution in [0, 0.1) is 5.92 Å². The van der Waals surface area contributed by atoms with E-state index in [2.05, 4.69) is 32.9 Å². The second-order valence-electron chi connectivity index (χ2n) is 3.98. The molecule has 0 aromatic heterocycles. The van der Waals surface area contributed by atoms with Gasteiger partial charge in [-0.05, 0) is 19.3 Å². The van der Waals surface area contributed by atoms with Crippen LogP contribution in [0.3, 0.4) is 0 Å². The zero-order chi connectivity index (χ0) is 10.6. The van der Waals surface area contributed by atoms with Crippen LogP contribution in [0.2, 0.25) is 0 Å². The Kier molecular flexibility index (Phi) is 4.89. The van der Waals surface area contributed by atoms with Gasteiger partial charge >= 0.3 is 5.97 Å². The number of nitrogens with one attached hydrogen (secondary N) is 1. The van der Waals surface area contributed by atoms with Crippen molar-refractivity contribution in [3.05, 3.63) is 0 Å². The summed E-state index contributed by atoms with van der Waals surface area (Å²) in [6, 6.07) is 0.493. The third-order valence-electron chi connectivity index (χ3n) is 2.49. The number of esters is 1. The first-order chi connectivity index (χ1) is 6.63. The molecule has 0 spiro atoms. The van der Waals surface area contributed by atoms with E-state index < -0.39 is 0 Å². The highest BCUT2D eigenvalue weighted by atomic mass is 79.9. The maximum atomic E-state index is 11.0. The molecule has 0 heterocycles. The lowest BCUT2D eigenvalue weighted by Gasteiger charge is -2.15. The zero-order valence-corrected chi connectivity index (χ0v) is 10.3. The Morgan fingerprint density at radius 3 is 2.79 bits per heavy atom. The fraction of sp³-hybridized carbons (Fsp3) is 0.900. The van der Waals surface area contributed by atoms with E-state index in [9.17, 15) is 4.79 Å². The third kappa shape index (κ3) is 4.42. The first-order valence-corrected chi connectivity index (χ1v) is 6.00. The first-order valence-electron chi connectivity index (χ1n) is 5.08. The van der Waals surface area contributed by atoms with Crippen LogP contribution in [0.1, 0.15) is 26.2 Å². The van der Waals surface area contributed by atoms with Gasteiger partial charge in [0.1, 0.15) is 4.83 Å². The quantitative estimate of drug-likeness (QED) is 0.586. The average molecular weight is 264 g/mol. The zero-order valence-electron chi connectivity index (χ0n) is 8.75. The van der Waals surface area contributed by atoms with E-state index in [1.165, 1.54) is 26.4 Å². The van der Waals surface area contributed by atoms with Crippen molar-refractivity contribution < 1.29 is 9.53 Å². The molecular formula is C10H18BrNO2. The molecule has 0 radical (unpaired) electrons. The molecule has 2 unspecified atom stereocenters. The van der Waals surface area contributed by atoms with Gasteiger partial charge in [0.2, 0.25) is 0 Å². The minimum atomic E-state index is -0.228. The highest BCUT2D eigenvalue weighted by molar-refractivity contribution is 9.10. The van der Waals surface area contributed by atoms with E-state index in [0.29, 0.717) is 12.6 Å². The summed E-state index contributed by atoms with van der Waals surface area (Å²) in [6.45, 7) is 2.80. The number of carbonyl (C=O) groups is 1. The molecule has 0 amide bonds. The Labute approximate surface area is 93.7 Å². The number of alkyl halides is 1. The van der Waals surface area contributed by atoms with Gasteiger partial charge in [-0.15, -0.1) is 0 Å². The van der Waals surface area contributed by atoms with Crippen LogP contribution in [-0.2, 0) is 9.53 Å². The SMILES string of the molecule is COC(=O)C(Br)CNC(C)CC1CC1. The van der Waals surface area contributed by atoms with Gasteiger partial charge in [0.15, 0.2) is 0 Å². The van der Waals surface area contributed by atoms with E-state index in [1.54, 1.807) is 0 Å².